The number of methoxy groups -OCH3 is 1. The second-order valence-corrected chi connectivity index (χ2v) is 10.1. The molecule has 2 aromatic rings. The third-order valence-electron chi connectivity index (χ3n) is 5.68. The van der Waals surface area contributed by atoms with Gasteiger partial charge in [-0.3, -0.25) is 9.69 Å². The number of hydrogen-bond donors (Lipinski definition) is 1. The van der Waals surface area contributed by atoms with Crippen LogP contribution in [0.3, 0.4) is 0 Å². The standard InChI is InChI=1S/C23H31N3O4S/c1-25(2)31(28,29)21-13-9-19(10-14-21)23(27)24-17-22(26-15-5-4-6-16-26)18-7-11-20(30-3)12-8-18/h7-14,22H,4-6,15-17H2,1-3H3,(H,24,27)/t22-/m1/s1. The molecule has 0 bridgehead atoms. The number of ether oxygens (including phenoxy) is 1. The van der Waals surface area contributed by atoms with E-state index in [1.54, 1.807) is 19.2 Å². The lowest BCUT2D eigenvalue weighted by Gasteiger charge is -2.35. The van der Waals surface area contributed by atoms with Crippen LogP contribution >= 0.6 is 0 Å². The molecule has 31 heavy (non-hydrogen) atoms. The van der Waals surface area contributed by atoms with Crippen LogP contribution in [-0.2, 0) is 10.0 Å². The largest absolute Gasteiger partial charge is 0.497 e. The molecule has 2 aromatic carbocycles. The Balaban J connectivity index is 1.72. The number of hydrogen-bond acceptors (Lipinski definition) is 5. The molecule has 8 heteroatoms. The summed E-state index contributed by atoms with van der Waals surface area (Å²) in [5.41, 5.74) is 1.57. The number of piperidine rings is 1. The summed E-state index contributed by atoms with van der Waals surface area (Å²) < 4.78 is 30.9. The third kappa shape index (κ3) is 5.64. The first-order chi connectivity index (χ1) is 14.8. The third-order valence-corrected chi connectivity index (χ3v) is 7.51. The number of nitrogens with one attached hydrogen (secondary N) is 1. The van der Waals surface area contributed by atoms with Gasteiger partial charge in [-0.15, -0.1) is 0 Å². The first-order valence-electron chi connectivity index (χ1n) is 10.5. The molecule has 1 aliphatic rings. The van der Waals surface area contributed by atoms with Gasteiger partial charge in [0.2, 0.25) is 10.0 Å². The van der Waals surface area contributed by atoms with Crippen molar-refractivity contribution in [3.63, 3.8) is 0 Å². The number of nitrogens with zero attached hydrogens (tertiary/aromatic N) is 2. The number of carbonyl (C=O) groups is 1. The Morgan fingerprint density at radius 3 is 2.19 bits per heavy atom. The molecule has 1 atom stereocenters. The predicted octanol–water partition coefficient (Wildman–Crippen LogP) is 2.90. The summed E-state index contributed by atoms with van der Waals surface area (Å²) in [6.45, 7) is 2.48. The van der Waals surface area contributed by atoms with Crippen molar-refractivity contribution in [1.29, 1.82) is 0 Å². The lowest BCUT2D eigenvalue weighted by molar-refractivity contribution is 0.0924. The van der Waals surface area contributed by atoms with E-state index >= 15 is 0 Å². The summed E-state index contributed by atoms with van der Waals surface area (Å²) in [6, 6.07) is 14.1. The Morgan fingerprint density at radius 1 is 1.03 bits per heavy atom. The van der Waals surface area contributed by atoms with E-state index in [2.05, 4.69) is 10.2 Å². The van der Waals surface area contributed by atoms with Gasteiger partial charge < -0.3 is 10.1 Å². The molecule has 0 spiro atoms. The van der Waals surface area contributed by atoms with Gasteiger partial charge in [0.15, 0.2) is 0 Å². The van der Waals surface area contributed by atoms with E-state index in [0.717, 1.165) is 41.5 Å². The van der Waals surface area contributed by atoms with Crippen molar-refractivity contribution in [2.45, 2.75) is 30.2 Å². The molecule has 168 valence electrons. The molecule has 7 nitrogen and oxygen atoms in total. The summed E-state index contributed by atoms with van der Waals surface area (Å²) in [5, 5.41) is 3.03. The highest BCUT2D eigenvalue weighted by molar-refractivity contribution is 7.89. The minimum absolute atomic E-state index is 0.0727. The van der Waals surface area contributed by atoms with Crippen LogP contribution < -0.4 is 10.1 Å². The van der Waals surface area contributed by atoms with Crippen molar-refractivity contribution in [2.75, 3.05) is 40.8 Å². The van der Waals surface area contributed by atoms with E-state index in [-0.39, 0.29) is 16.8 Å². The maximum absolute atomic E-state index is 12.7. The van der Waals surface area contributed by atoms with Crippen LogP contribution in [0.15, 0.2) is 53.4 Å². The number of sulfonamides is 1. The average molecular weight is 446 g/mol. The van der Waals surface area contributed by atoms with Gasteiger partial charge in [-0.1, -0.05) is 18.6 Å². The van der Waals surface area contributed by atoms with Crippen molar-refractivity contribution in [1.82, 2.24) is 14.5 Å². The van der Waals surface area contributed by atoms with E-state index in [0.29, 0.717) is 12.1 Å². The second-order valence-electron chi connectivity index (χ2n) is 7.91. The molecule has 1 aliphatic heterocycles. The Kier molecular flexibility index (Phi) is 7.69. The van der Waals surface area contributed by atoms with Crippen LogP contribution in [0.5, 0.6) is 5.75 Å². The van der Waals surface area contributed by atoms with Crippen LogP contribution in [0.4, 0.5) is 0 Å². The molecular formula is C23H31N3O4S. The highest BCUT2D eigenvalue weighted by atomic mass is 32.2. The molecule has 1 N–H and O–H groups in total. The molecule has 0 aromatic heterocycles. The van der Waals surface area contributed by atoms with Crippen molar-refractivity contribution in [3.8, 4) is 5.75 Å². The van der Waals surface area contributed by atoms with E-state index < -0.39 is 10.0 Å². The van der Waals surface area contributed by atoms with Crippen LogP contribution in [-0.4, -0.2) is 64.4 Å². The van der Waals surface area contributed by atoms with Crippen molar-refractivity contribution >= 4 is 15.9 Å². The first kappa shape index (κ1) is 23.2. The van der Waals surface area contributed by atoms with Gasteiger partial charge in [-0.25, -0.2) is 12.7 Å². The fourth-order valence-corrected chi connectivity index (χ4v) is 4.70. The van der Waals surface area contributed by atoms with Crippen LogP contribution in [0.25, 0.3) is 0 Å². The zero-order chi connectivity index (χ0) is 22.4. The molecular weight excluding hydrogens is 414 g/mol. The topological polar surface area (TPSA) is 78.9 Å². The van der Waals surface area contributed by atoms with Crippen LogP contribution in [0.1, 0.15) is 41.2 Å². The fourth-order valence-electron chi connectivity index (χ4n) is 3.79. The van der Waals surface area contributed by atoms with E-state index in [9.17, 15) is 13.2 Å². The summed E-state index contributed by atoms with van der Waals surface area (Å²) >= 11 is 0. The first-order valence-corrected chi connectivity index (χ1v) is 12.0. The Bertz CT molecular complexity index is 967. The number of benzene rings is 2. The second kappa shape index (κ2) is 10.3. The van der Waals surface area contributed by atoms with Gasteiger partial charge >= 0.3 is 0 Å². The molecule has 0 aliphatic carbocycles. The van der Waals surface area contributed by atoms with E-state index in [4.69, 9.17) is 4.74 Å². The molecule has 0 radical (unpaired) electrons. The lowest BCUT2D eigenvalue weighted by atomic mass is 10.0. The van der Waals surface area contributed by atoms with E-state index in [1.807, 2.05) is 24.3 Å². The predicted molar refractivity (Wildman–Crippen MR) is 121 cm³/mol. The fraction of sp³-hybridized carbons (Fsp3) is 0.435. The maximum Gasteiger partial charge on any atom is 0.251 e. The molecule has 3 rings (SSSR count). The van der Waals surface area contributed by atoms with E-state index in [1.165, 1.54) is 32.6 Å². The van der Waals surface area contributed by atoms with Crippen LogP contribution in [0.2, 0.25) is 0 Å². The Morgan fingerprint density at radius 2 is 1.65 bits per heavy atom. The van der Waals surface area contributed by atoms with Crippen molar-refractivity contribution in [2.24, 2.45) is 0 Å². The Hall–Kier alpha value is -2.42. The lowest BCUT2D eigenvalue weighted by Crippen LogP contribution is -2.40. The van der Waals surface area contributed by atoms with Gasteiger partial charge in [-0.05, 0) is 67.9 Å². The van der Waals surface area contributed by atoms with Crippen molar-refractivity contribution in [3.05, 3.63) is 59.7 Å². The maximum atomic E-state index is 12.7. The summed E-state index contributed by atoms with van der Waals surface area (Å²) in [7, 11) is 1.09. The Labute approximate surface area is 185 Å². The zero-order valence-electron chi connectivity index (χ0n) is 18.4. The molecule has 1 saturated heterocycles. The summed E-state index contributed by atoms with van der Waals surface area (Å²) in [6.07, 6.45) is 3.55. The van der Waals surface area contributed by atoms with Crippen molar-refractivity contribution < 1.29 is 17.9 Å². The number of amides is 1. The zero-order valence-corrected chi connectivity index (χ0v) is 19.2. The minimum Gasteiger partial charge on any atom is -0.497 e. The average Bonchev–Trinajstić information content (AvgIpc) is 2.80. The summed E-state index contributed by atoms with van der Waals surface area (Å²) in [4.78, 5) is 15.3. The smallest absolute Gasteiger partial charge is 0.251 e. The molecule has 0 unspecified atom stereocenters. The van der Waals surface area contributed by atoms with Crippen LogP contribution in [0, 0.1) is 0 Å². The molecule has 1 heterocycles. The molecule has 1 fully saturated rings. The highest BCUT2D eigenvalue weighted by Crippen LogP contribution is 2.26. The number of rotatable bonds is 8. The monoisotopic (exact) mass is 445 g/mol. The van der Waals surface area contributed by atoms with Gasteiger partial charge in [0, 0.05) is 26.2 Å². The quantitative estimate of drug-likeness (QED) is 0.676. The molecule has 0 saturated carbocycles. The van der Waals surface area contributed by atoms with Gasteiger partial charge in [0.25, 0.3) is 5.91 Å². The normalized spacial score (nSPS) is 16.1. The highest BCUT2D eigenvalue weighted by Gasteiger charge is 2.23. The summed E-state index contributed by atoms with van der Waals surface area (Å²) in [5.74, 6) is 0.585. The number of likely N-dealkylation sites (tertiary alicyclic amines) is 1. The van der Waals surface area contributed by atoms with Gasteiger partial charge in [-0.2, -0.15) is 0 Å². The van der Waals surface area contributed by atoms with Gasteiger partial charge in [0.1, 0.15) is 5.75 Å². The van der Waals surface area contributed by atoms with Gasteiger partial charge in [0.05, 0.1) is 18.0 Å². The molecule has 1 amide bonds. The minimum atomic E-state index is -3.52. The number of carbonyl (C=O) groups excluding carboxylic acids is 1. The SMILES string of the molecule is COc1ccc([C@@H](CNC(=O)c2ccc(S(=O)(=O)N(C)C)cc2)N2CCCCC2)cc1.